The van der Waals surface area contributed by atoms with Gasteiger partial charge in [-0.2, -0.15) is 10.5 Å². The first-order chi connectivity index (χ1) is 7.22. The molecule has 0 aliphatic heterocycles. The van der Waals surface area contributed by atoms with Crippen molar-refractivity contribution in [1.29, 1.82) is 10.5 Å². The lowest BCUT2D eigenvalue weighted by atomic mass is 10.2. The van der Waals surface area contributed by atoms with E-state index in [-0.39, 0.29) is 11.3 Å². The number of nitrogens with one attached hydrogen (secondary N) is 1. The summed E-state index contributed by atoms with van der Waals surface area (Å²) in [4.78, 5) is 18.0. The number of aromatic nitrogens is 2. The third-order valence-electron chi connectivity index (χ3n) is 1.69. The van der Waals surface area contributed by atoms with E-state index in [9.17, 15) is 4.79 Å². The second-order valence-electron chi connectivity index (χ2n) is 2.60. The molecule has 0 bridgehead atoms. The number of H-pyrrole nitrogens is 1. The highest BCUT2D eigenvalue weighted by molar-refractivity contribution is 7.99. The Morgan fingerprint density at radius 2 is 2.27 bits per heavy atom. The fourth-order valence-electron chi connectivity index (χ4n) is 1.04. The van der Waals surface area contributed by atoms with Crippen molar-refractivity contribution >= 4 is 11.8 Å². The Bertz CT molecular complexity index is 494. The van der Waals surface area contributed by atoms with Crippen LogP contribution in [-0.4, -0.2) is 15.7 Å². The third-order valence-corrected chi connectivity index (χ3v) is 2.43. The van der Waals surface area contributed by atoms with Crippen molar-refractivity contribution in [3.05, 3.63) is 21.6 Å². The SMILES string of the molecule is CCc1nc(SCC#N)[nH]c(=O)c1C#N. The van der Waals surface area contributed by atoms with Crippen molar-refractivity contribution in [3.8, 4) is 12.1 Å². The molecule has 15 heavy (non-hydrogen) atoms. The maximum atomic E-state index is 11.4. The molecule has 5 nitrogen and oxygen atoms in total. The number of aromatic amines is 1. The minimum absolute atomic E-state index is 0.0545. The zero-order valence-corrected chi connectivity index (χ0v) is 8.89. The van der Waals surface area contributed by atoms with E-state index in [2.05, 4.69) is 9.97 Å². The lowest BCUT2D eigenvalue weighted by Gasteiger charge is -2.01. The number of thioether (sulfide) groups is 1. The van der Waals surface area contributed by atoms with E-state index in [4.69, 9.17) is 10.5 Å². The van der Waals surface area contributed by atoms with Gasteiger partial charge >= 0.3 is 0 Å². The quantitative estimate of drug-likeness (QED) is 0.601. The van der Waals surface area contributed by atoms with Crippen molar-refractivity contribution < 1.29 is 0 Å². The Labute approximate surface area is 90.8 Å². The highest BCUT2D eigenvalue weighted by atomic mass is 32.2. The molecular formula is C9H8N4OS. The average molecular weight is 220 g/mol. The first-order valence-corrected chi connectivity index (χ1v) is 5.24. The normalized spacial score (nSPS) is 9.27. The Morgan fingerprint density at radius 1 is 1.53 bits per heavy atom. The number of hydrogen-bond acceptors (Lipinski definition) is 5. The van der Waals surface area contributed by atoms with Gasteiger partial charge in [0.1, 0.15) is 11.6 Å². The van der Waals surface area contributed by atoms with Gasteiger partial charge < -0.3 is 4.98 Å². The van der Waals surface area contributed by atoms with Gasteiger partial charge in [0, 0.05) is 0 Å². The molecule has 6 heteroatoms. The molecule has 0 amide bonds. The molecule has 0 atom stereocenters. The molecule has 1 aromatic rings. The Hall–Kier alpha value is -1.79. The number of aryl methyl sites for hydroxylation is 1. The van der Waals surface area contributed by atoms with Crippen LogP contribution >= 0.6 is 11.8 Å². The molecule has 1 aromatic heterocycles. The molecule has 0 aliphatic carbocycles. The molecule has 0 saturated carbocycles. The van der Waals surface area contributed by atoms with E-state index >= 15 is 0 Å². The molecule has 0 spiro atoms. The minimum atomic E-state index is -0.440. The van der Waals surface area contributed by atoms with Crippen molar-refractivity contribution in [2.24, 2.45) is 0 Å². The van der Waals surface area contributed by atoms with Crippen molar-refractivity contribution in [2.45, 2.75) is 18.5 Å². The van der Waals surface area contributed by atoms with E-state index in [0.29, 0.717) is 17.3 Å². The standard InChI is InChI=1S/C9H8N4OS/c1-2-7-6(5-11)8(14)13-9(12-7)15-4-3-10/h2,4H2,1H3,(H,12,13,14). The van der Waals surface area contributed by atoms with Crippen LogP contribution in [0.5, 0.6) is 0 Å². The average Bonchev–Trinajstić information content (AvgIpc) is 2.25. The number of hydrogen-bond donors (Lipinski definition) is 1. The van der Waals surface area contributed by atoms with E-state index in [1.165, 1.54) is 0 Å². The van der Waals surface area contributed by atoms with Gasteiger partial charge in [0.05, 0.1) is 17.5 Å². The molecule has 1 heterocycles. The van der Waals surface area contributed by atoms with Crippen LogP contribution in [0.25, 0.3) is 0 Å². The Morgan fingerprint density at radius 3 is 2.80 bits per heavy atom. The molecule has 0 saturated heterocycles. The minimum Gasteiger partial charge on any atom is -0.300 e. The van der Waals surface area contributed by atoms with Crippen molar-refractivity contribution in [3.63, 3.8) is 0 Å². The van der Waals surface area contributed by atoms with Gasteiger partial charge in [0.25, 0.3) is 5.56 Å². The van der Waals surface area contributed by atoms with Gasteiger partial charge in [-0.05, 0) is 6.42 Å². The zero-order chi connectivity index (χ0) is 11.3. The van der Waals surface area contributed by atoms with Crippen LogP contribution in [0.2, 0.25) is 0 Å². The highest BCUT2D eigenvalue weighted by Crippen LogP contribution is 2.11. The van der Waals surface area contributed by atoms with Gasteiger partial charge in [0.2, 0.25) is 0 Å². The van der Waals surface area contributed by atoms with Crippen LogP contribution in [0, 0.1) is 22.7 Å². The molecule has 1 rings (SSSR count). The van der Waals surface area contributed by atoms with Crippen LogP contribution in [0.3, 0.4) is 0 Å². The van der Waals surface area contributed by atoms with Gasteiger partial charge in [-0.15, -0.1) is 0 Å². The smallest absolute Gasteiger partial charge is 0.269 e. The first kappa shape index (κ1) is 11.3. The summed E-state index contributed by atoms with van der Waals surface area (Å²) in [5.74, 6) is 0.220. The van der Waals surface area contributed by atoms with Gasteiger partial charge in [-0.1, -0.05) is 18.7 Å². The van der Waals surface area contributed by atoms with Gasteiger partial charge in [-0.3, -0.25) is 4.79 Å². The van der Waals surface area contributed by atoms with Crippen molar-refractivity contribution in [1.82, 2.24) is 9.97 Å². The van der Waals surface area contributed by atoms with Crippen LogP contribution in [0.1, 0.15) is 18.2 Å². The molecule has 76 valence electrons. The van der Waals surface area contributed by atoms with E-state index in [1.807, 2.05) is 19.1 Å². The summed E-state index contributed by atoms with van der Waals surface area (Å²) in [6, 6.07) is 3.76. The third kappa shape index (κ3) is 2.58. The zero-order valence-electron chi connectivity index (χ0n) is 8.07. The van der Waals surface area contributed by atoms with Crippen LogP contribution in [0.4, 0.5) is 0 Å². The maximum absolute atomic E-state index is 11.4. The van der Waals surface area contributed by atoms with E-state index < -0.39 is 5.56 Å². The molecule has 1 N–H and O–H groups in total. The molecule has 0 radical (unpaired) electrons. The van der Waals surface area contributed by atoms with Crippen LogP contribution in [-0.2, 0) is 6.42 Å². The lowest BCUT2D eigenvalue weighted by Crippen LogP contribution is -2.16. The number of nitriles is 2. The van der Waals surface area contributed by atoms with E-state index in [0.717, 1.165) is 11.8 Å². The summed E-state index contributed by atoms with van der Waals surface area (Å²) in [5.41, 5.74) is 0.0882. The first-order valence-electron chi connectivity index (χ1n) is 4.26. The molecule has 0 aromatic carbocycles. The fraction of sp³-hybridized carbons (Fsp3) is 0.333. The molecule has 0 fully saturated rings. The van der Waals surface area contributed by atoms with Crippen molar-refractivity contribution in [2.75, 3.05) is 5.75 Å². The molecule has 0 aliphatic rings. The largest absolute Gasteiger partial charge is 0.300 e. The fourth-order valence-corrected chi connectivity index (χ4v) is 1.58. The molecular weight excluding hydrogens is 212 g/mol. The van der Waals surface area contributed by atoms with Gasteiger partial charge in [-0.25, -0.2) is 4.98 Å². The predicted octanol–water partition coefficient (Wildman–Crippen LogP) is 0.820. The summed E-state index contributed by atoms with van der Waals surface area (Å²) in [6.07, 6.45) is 0.521. The lowest BCUT2D eigenvalue weighted by molar-refractivity contribution is 0.861. The summed E-state index contributed by atoms with van der Waals surface area (Å²) in [7, 11) is 0. The summed E-state index contributed by atoms with van der Waals surface area (Å²) < 4.78 is 0. The van der Waals surface area contributed by atoms with Crippen LogP contribution in [0.15, 0.2) is 9.95 Å². The van der Waals surface area contributed by atoms with Gasteiger partial charge in [0.15, 0.2) is 5.16 Å². The summed E-state index contributed by atoms with van der Waals surface area (Å²) in [5, 5.41) is 17.5. The maximum Gasteiger partial charge on any atom is 0.269 e. The topological polar surface area (TPSA) is 93.3 Å². The second-order valence-corrected chi connectivity index (χ2v) is 3.57. The Balaban J connectivity index is 3.17. The summed E-state index contributed by atoms with van der Waals surface area (Å²) in [6.45, 7) is 1.82. The number of rotatable bonds is 3. The number of nitrogens with zero attached hydrogens (tertiary/aromatic N) is 3. The Kier molecular flexibility index (Phi) is 3.90. The van der Waals surface area contributed by atoms with Crippen LogP contribution < -0.4 is 5.56 Å². The monoisotopic (exact) mass is 220 g/mol. The highest BCUT2D eigenvalue weighted by Gasteiger charge is 2.09. The predicted molar refractivity (Wildman–Crippen MR) is 55.3 cm³/mol. The van der Waals surface area contributed by atoms with E-state index in [1.54, 1.807) is 0 Å². The summed E-state index contributed by atoms with van der Waals surface area (Å²) >= 11 is 1.15. The molecule has 0 unspecified atom stereocenters. The second kappa shape index (κ2) is 5.18.